The normalized spacial score (nSPS) is 18.5. The molecule has 1 fully saturated rings. The van der Waals surface area contributed by atoms with Crippen molar-refractivity contribution in [3.05, 3.63) is 0 Å². The van der Waals surface area contributed by atoms with Gasteiger partial charge < -0.3 is 4.74 Å². The molecule has 0 aromatic rings. The molecule has 0 aromatic carbocycles. The van der Waals surface area contributed by atoms with Crippen LogP contribution in [0.15, 0.2) is 0 Å². The van der Waals surface area contributed by atoms with Gasteiger partial charge in [-0.05, 0) is 37.1 Å². The molecule has 0 spiro atoms. The lowest BCUT2D eigenvalue weighted by atomic mass is 9.77. The zero-order chi connectivity index (χ0) is 16.8. The Kier molecular flexibility index (Phi) is 6.55. The Bertz CT molecular complexity index is 442. The average Bonchev–Trinajstić information content (AvgIpc) is 2.96. The molecule has 1 saturated carbocycles. The summed E-state index contributed by atoms with van der Waals surface area (Å²) in [6.45, 7) is 6.88. The Morgan fingerprint density at radius 1 is 1.27 bits per heavy atom. The highest BCUT2D eigenvalue weighted by atomic mass is 16.5. The summed E-state index contributed by atoms with van der Waals surface area (Å²) in [5.74, 6) is -0.989. The van der Waals surface area contributed by atoms with Gasteiger partial charge >= 0.3 is 5.97 Å². The van der Waals surface area contributed by atoms with E-state index >= 15 is 0 Å². The number of hydrogen-bond donors (Lipinski definition) is 1. The summed E-state index contributed by atoms with van der Waals surface area (Å²) in [4.78, 5) is 25.1. The van der Waals surface area contributed by atoms with E-state index in [0.29, 0.717) is 6.54 Å². The van der Waals surface area contributed by atoms with Crippen LogP contribution in [0.1, 0.15) is 59.3 Å². The number of carbonyl (C=O) groups excluding carboxylic acids is 2. The minimum absolute atomic E-state index is 0.0826. The zero-order valence-electron chi connectivity index (χ0n) is 14.2. The lowest BCUT2D eigenvalue weighted by molar-refractivity contribution is -0.156. The number of carbonyl (C=O) groups is 2. The van der Waals surface area contributed by atoms with Crippen LogP contribution < -0.4 is 5.32 Å². The average molecular weight is 308 g/mol. The molecule has 1 aliphatic rings. The molecule has 124 valence electrons. The molecular weight excluding hydrogens is 280 g/mol. The van der Waals surface area contributed by atoms with E-state index in [0.717, 1.165) is 32.1 Å². The quantitative estimate of drug-likeness (QED) is 0.577. The number of hydrogen-bond acceptors (Lipinski definition) is 5. The Morgan fingerprint density at radius 3 is 2.32 bits per heavy atom. The molecule has 0 aliphatic heterocycles. The summed E-state index contributed by atoms with van der Waals surface area (Å²) >= 11 is 0. The van der Waals surface area contributed by atoms with Gasteiger partial charge in [0.15, 0.2) is 11.3 Å². The maximum Gasteiger partial charge on any atom is 0.334 e. The number of ketones is 1. The van der Waals surface area contributed by atoms with Crippen LogP contribution in [-0.2, 0) is 14.3 Å². The van der Waals surface area contributed by atoms with Gasteiger partial charge in [0.2, 0.25) is 0 Å². The largest absolute Gasteiger partial charge is 0.467 e. The lowest BCUT2D eigenvalue weighted by Gasteiger charge is -2.36. The predicted molar refractivity (Wildman–Crippen MR) is 84.0 cm³/mol. The van der Waals surface area contributed by atoms with Crippen molar-refractivity contribution in [1.29, 1.82) is 5.26 Å². The van der Waals surface area contributed by atoms with E-state index in [1.807, 2.05) is 6.07 Å². The fraction of sp³-hybridized carbons (Fsp3) is 0.824. The van der Waals surface area contributed by atoms with E-state index in [1.54, 1.807) is 0 Å². The van der Waals surface area contributed by atoms with Crippen LogP contribution in [0.25, 0.3) is 0 Å². The van der Waals surface area contributed by atoms with Crippen molar-refractivity contribution in [2.45, 2.75) is 64.8 Å². The molecule has 1 rings (SSSR count). The summed E-state index contributed by atoms with van der Waals surface area (Å²) in [5.41, 5.74) is -1.25. The molecule has 5 heteroatoms. The molecule has 0 amide bonds. The number of nitriles is 1. The third kappa shape index (κ3) is 4.30. The van der Waals surface area contributed by atoms with Crippen LogP contribution in [-0.4, -0.2) is 30.9 Å². The molecular formula is C17H28N2O3. The van der Waals surface area contributed by atoms with Crippen molar-refractivity contribution in [3.63, 3.8) is 0 Å². The van der Waals surface area contributed by atoms with Crippen molar-refractivity contribution in [1.82, 2.24) is 5.32 Å². The first-order valence-corrected chi connectivity index (χ1v) is 8.01. The van der Waals surface area contributed by atoms with Crippen LogP contribution in [0.5, 0.6) is 0 Å². The Labute approximate surface area is 133 Å². The van der Waals surface area contributed by atoms with Crippen LogP contribution in [0.3, 0.4) is 0 Å². The van der Waals surface area contributed by atoms with Crippen molar-refractivity contribution in [2.24, 2.45) is 11.3 Å². The second-order valence-electron chi connectivity index (χ2n) is 7.28. The Hall–Kier alpha value is -1.41. The van der Waals surface area contributed by atoms with E-state index < -0.39 is 11.5 Å². The monoisotopic (exact) mass is 308 g/mol. The summed E-state index contributed by atoms with van der Waals surface area (Å²) in [7, 11) is 1.30. The topological polar surface area (TPSA) is 79.2 Å². The molecule has 0 heterocycles. The predicted octanol–water partition coefficient (Wildman–Crippen LogP) is 2.60. The molecule has 5 nitrogen and oxygen atoms in total. The number of ether oxygens (including phenoxy) is 1. The summed E-state index contributed by atoms with van der Waals surface area (Å²) in [6, 6.07) is 1.88. The molecule has 0 aromatic heterocycles. The van der Waals surface area contributed by atoms with E-state index in [-0.39, 0.29) is 23.5 Å². The fourth-order valence-corrected chi connectivity index (χ4v) is 3.19. The van der Waals surface area contributed by atoms with Crippen LogP contribution >= 0.6 is 0 Å². The summed E-state index contributed by atoms with van der Waals surface area (Å²) < 4.78 is 4.95. The first kappa shape index (κ1) is 18.6. The van der Waals surface area contributed by atoms with E-state index in [1.165, 1.54) is 7.11 Å². The second kappa shape index (κ2) is 7.73. The van der Waals surface area contributed by atoms with Crippen molar-refractivity contribution >= 4 is 11.8 Å². The highest BCUT2D eigenvalue weighted by Crippen LogP contribution is 2.36. The Morgan fingerprint density at radius 2 is 1.86 bits per heavy atom. The maximum absolute atomic E-state index is 12.6. The van der Waals surface area contributed by atoms with Crippen LogP contribution in [0.4, 0.5) is 0 Å². The van der Waals surface area contributed by atoms with Gasteiger partial charge in [-0.2, -0.15) is 5.26 Å². The second-order valence-corrected chi connectivity index (χ2v) is 7.28. The third-order valence-corrected chi connectivity index (χ3v) is 4.43. The molecule has 1 N–H and O–H groups in total. The molecule has 1 unspecified atom stereocenters. The SMILES string of the molecule is COC(=O)C(NCCC(C)(C)C)(C(=O)CC#N)C1CCCC1. The number of nitrogens with zero attached hydrogens (tertiary/aromatic N) is 1. The molecule has 1 atom stereocenters. The van der Waals surface area contributed by atoms with Gasteiger partial charge in [-0.25, -0.2) is 4.79 Å². The Balaban J connectivity index is 3.05. The molecule has 1 aliphatic carbocycles. The van der Waals surface area contributed by atoms with Gasteiger partial charge in [-0.3, -0.25) is 10.1 Å². The van der Waals surface area contributed by atoms with Crippen molar-refractivity contribution in [2.75, 3.05) is 13.7 Å². The van der Waals surface area contributed by atoms with Gasteiger partial charge in [0, 0.05) is 0 Å². The number of rotatable bonds is 7. The third-order valence-electron chi connectivity index (χ3n) is 4.43. The van der Waals surface area contributed by atoms with Crippen molar-refractivity contribution < 1.29 is 14.3 Å². The minimum Gasteiger partial charge on any atom is -0.467 e. The van der Waals surface area contributed by atoms with Gasteiger partial charge in [-0.1, -0.05) is 33.6 Å². The van der Waals surface area contributed by atoms with Gasteiger partial charge in [0.1, 0.15) is 0 Å². The standard InChI is InChI=1S/C17H28N2O3/c1-16(2,3)10-12-19-17(15(21)22-4,14(20)9-11-18)13-7-5-6-8-13/h13,19H,5-10,12H2,1-4H3. The summed E-state index contributed by atoms with van der Waals surface area (Å²) in [5, 5.41) is 12.1. The molecule has 22 heavy (non-hydrogen) atoms. The zero-order valence-corrected chi connectivity index (χ0v) is 14.2. The van der Waals surface area contributed by atoms with E-state index in [4.69, 9.17) is 10.00 Å². The minimum atomic E-state index is -1.35. The maximum atomic E-state index is 12.6. The van der Waals surface area contributed by atoms with Gasteiger partial charge in [0.25, 0.3) is 0 Å². The molecule has 0 radical (unpaired) electrons. The number of Topliss-reactive ketones (excluding diaryl/α,β-unsaturated/α-hetero) is 1. The number of esters is 1. The highest BCUT2D eigenvalue weighted by molar-refractivity contribution is 6.09. The first-order chi connectivity index (χ1) is 10.3. The first-order valence-electron chi connectivity index (χ1n) is 8.01. The summed E-state index contributed by atoms with van der Waals surface area (Å²) in [6.07, 6.45) is 4.20. The number of nitrogens with one attached hydrogen (secondary N) is 1. The molecule has 0 saturated heterocycles. The molecule has 0 bridgehead atoms. The lowest BCUT2D eigenvalue weighted by Crippen LogP contribution is -2.63. The fourth-order valence-electron chi connectivity index (χ4n) is 3.19. The smallest absolute Gasteiger partial charge is 0.334 e. The van der Waals surface area contributed by atoms with Gasteiger partial charge in [0.05, 0.1) is 19.6 Å². The van der Waals surface area contributed by atoms with E-state index in [9.17, 15) is 9.59 Å². The van der Waals surface area contributed by atoms with E-state index in [2.05, 4.69) is 26.1 Å². The van der Waals surface area contributed by atoms with Crippen LogP contribution in [0.2, 0.25) is 0 Å². The van der Waals surface area contributed by atoms with Crippen molar-refractivity contribution in [3.8, 4) is 6.07 Å². The highest BCUT2D eigenvalue weighted by Gasteiger charge is 2.52. The van der Waals surface area contributed by atoms with Gasteiger partial charge in [-0.15, -0.1) is 0 Å². The number of methoxy groups -OCH3 is 1. The van der Waals surface area contributed by atoms with Crippen LogP contribution in [0, 0.1) is 22.7 Å².